The van der Waals surface area contributed by atoms with Gasteiger partial charge in [-0.2, -0.15) is 9.78 Å². The number of hydrogen-bond acceptors (Lipinski definition) is 6. The van der Waals surface area contributed by atoms with Gasteiger partial charge in [0.15, 0.2) is 6.23 Å². The Bertz CT molecular complexity index is 1200. The minimum Gasteiger partial charge on any atom is -0.386 e. The largest absolute Gasteiger partial charge is 0.386 e. The summed E-state index contributed by atoms with van der Waals surface area (Å²) in [5.41, 5.74) is 0.396. The van der Waals surface area contributed by atoms with Gasteiger partial charge in [-0.3, -0.25) is 9.78 Å². The molecule has 0 saturated carbocycles. The molecule has 31 heavy (non-hydrogen) atoms. The van der Waals surface area contributed by atoms with E-state index in [4.69, 9.17) is 4.74 Å². The van der Waals surface area contributed by atoms with Crippen LogP contribution in [0.5, 0.6) is 0 Å². The van der Waals surface area contributed by atoms with E-state index in [0.29, 0.717) is 11.1 Å². The van der Waals surface area contributed by atoms with Gasteiger partial charge < -0.3 is 14.9 Å². The molecule has 0 bridgehead atoms. The highest BCUT2D eigenvalue weighted by Gasteiger charge is 2.53. The number of aromatic nitrogens is 3. The van der Waals surface area contributed by atoms with Crippen molar-refractivity contribution in [2.24, 2.45) is 0 Å². The van der Waals surface area contributed by atoms with Gasteiger partial charge in [0.25, 0.3) is 5.56 Å². The highest BCUT2D eigenvalue weighted by molar-refractivity contribution is 5.32. The smallest absolute Gasteiger partial charge is 0.347 e. The third kappa shape index (κ3) is 3.85. The third-order valence-corrected chi connectivity index (χ3v) is 5.80. The molecule has 0 spiro atoms. The third-order valence-electron chi connectivity index (χ3n) is 5.80. The van der Waals surface area contributed by atoms with Crippen molar-refractivity contribution in [2.45, 2.75) is 51.2 Å². The molecule has 4 rings (SSSR count). The Labute approximate surface area is 178 Å². The van der Waals surface area contributed by atoms with Gasteiger partial charge in [-0.05, 0) is 31.9 Å². The zero-order valence-corrected chi connectivity index (χ0v) is 17.6. The van der Waals surface area contributed by atoms with Crippen molar-refractivity contribution >= 4 is 0 Å². The Morgan fingerprint density at radius 1 is 1.06 bits per heavy atom. The van der Waals surface area contributed by atoms with Crippen LogP contribution in [0.15, 0.2) is 58.1 Å². The normalized spacial score (nSPS) is 24.3. The fourth-order valence-corrected chi connectivity index (χ4v) is 3.95. The second-order valence-electron chi connectivity index (χ2n) is 8.15. The quantitative estimate of drug-likeness (QED) is 0.589. The number of nitrogens with zero attached hydrogens (tertiary/aromatic N) is 2. The van der Waals surface area contributed by atoms with Crippen LogP contribution in [0.2, 0.25) is 0 Å². The minimum absolute atomic E-state index is 0.0258. The predicted molar refractivity (Wildman–Crippen MR) is 114 cm³/mol. The molecule has 0 aliphatic carbocycles. The van der Waals surface area contributed by atoms with E-state index in [2.05, 4.69) is 10.1 Å². The predicted octanol–water partition coefficient (Wildman–Crippen LogP) is 1.77. The van der Waals surface area contributed by atoms with Crippen molar-refractivity contribution in [3.05, 3.63) is 97.3 Å². The van der Waals surface area contributed by atoms with Gasteiger partial charge in [0, 0.05) is 6.42 Å². The van der Waals surface area contributed by atoms with Crippen molar-refractivity contribution in [3.63, 3.8) is 0 Å². The number of aliphatic hydroxyl groups is 2. The lowest BCUT2D eigenvalue weighted by molar-refractivity contribution is -0.123. The van der Waals surface area contributed by atoms with E-state index >= 15 is 0 Å². The number of aliphatic hydroxyl groups excluding tert-OH is 1. The second kappa shape index (κ2) is 7.88. The van der Waals surface area contributed by atoms with E-state index in [1.54, 1.807) is 24.3 Å². The maximum Gasteiger partial charge on any atom is 0.347 e. The summed E-state index contributed by atoms with van der Waals surface area (Å²) in [4.78, 5) is 26.3. The van der Waals surface area contributed by atoms with Crippen LogP contribution >= 0.6 is 0 Å². The first kappa shape index (κ1) is 21.2. The van der Waals surface area contributed by atoms with Crippen LogP contribution in [-0.2, 0) is 10.3 Å². The standard InChI is InChI=1S/C23H25N3O5/c1-13-4-8-16(9-5-13)19(27)20-23(30,17-10-6-14(2)7-11-17)12-18(31-20)26-22(29)24-21(28)15(3)25-26/h4-11,18-20,27,30H,12H2,1-3H3,(H,24,28,29)/t18-,19?,20-,23-/m1/s1. The Morgan fingerprint density at radius 2 is 1.65 bits per heavy atom. The first-order valence-corrected chi connectivity index (χ1v) is 10.1. The van der Waals surface area contributed by atoms with Crippen LogP contribution in [0.1, 0.15) is 46.7 Å². The first-order chi connectivity index (χ1) is 14.7. The molecule has 1 unspecified atom stereocenters. The monoisotopic (exact) mass is 423 g/mol. The molecule has 2 aromatic carbocycles. The van der Waals surface area contributed by atoms with Crippen molar-refractivity contribution in [2.75, 3.05) is 0 Å². The Balaban J connectivity index is 1.79. The van der Waals surface area contributed by atoms with Gasteiger partial charge in [-0.25, -0.2) is 4.79 Å². The molecular formula is C23H25N3O5. The molecule has 1 fully saturated rings. The molecule has 3 N–H and O–H groups in total. The maximum absolute atomic E-state index is 12.4. The minimum atomic E-state index is -1.59. The zero-order chi connectivity index (χ0) is 22.3. The highest BCUT2D eigenvalue weighted by atomic mass is 16.6. The van der Waals surface area contributed by atoms with E-state index < -0.39 is 35.3 Å². The van der Waals surface area contributed by atoms with Gasteiger partial charge in [-0.1, -0.05) is 59.7 Å². The molecule has 0 radical (unpaired) electrons. The van der Waals surface area contributed by atoms with Crippen LogP contribution in [-0.4, -0.2) is 31.1 Å². The SMILES string of the molecule is Cc1ccc(C(O)[C@H]2O[C@@H](n3nc(C)c(=O)[nH]c3=O)C[C@@]2(O)c2ccc(C)cc2)cc1. The summed E-state index contributed by atoms with van der Waals surface area (Å²) in [5.74, 6) is 0. The van der Waals surface area contributed by atoms with Gasteiger partial charge in [0.2, 0.25) is 0 Å². The molecular weight excluding hydrogens is 398 g/mol. The molecule has 3 aromatic rings. The summed E-state index contributed by atoms with van der Waals surface area (Å²) >= 11 is 0. The molecule has 162 valence electrons. The molecule has 1 saturated heterocycles. The van der Waals surface area contributed by atoms with Crippen molar-refractivity contribution in [1.29, 1.82) is 0 Å². The number of nitrogens with one attached hydrogen (secondary N) is 1. The zero-order valence-electron chi connectivity index (χ0n) is 17.6. The fourth-order valence-electron chi connectivity index (χ4n) is 3.95. The second-order valence-corrected chi connectivity index (χ2v) is 8.15. The molecule has 1 aromatic heterocycles. The molecule has 2 heterocycles. The van der Waals surface area contributed by atoms with E-state index in [-0.39, 0.29) is 12.1 Å². The molecule has 8 nitrogen and oxygen atoms in total. The van der Waals surface area contributed by atoms with Crippen molar-refractivity contribution < 1.29 is 14.9 Å². The molecule has 4 atom stereocenters. The number of aromatic amines is 1. The van der Waals surface area contributed by atoms with E-state index in [0.717, 1.165) is 15.8 Å². The number of benzene rings is 2. The lowest BCUT2D eigenvalue weighted by Gasteiger charge is -2.32. The molecule has 1 aliphatic heterocycles. The average Bonchev–Trinajstić information content (AvgIpc) is 3.09. The topological polar surface area (TPSA) is 117 Å². The molecule has 8 heteroatoms. The van der Waals surface area contributed by atoms with Crippen molar-refractivity contribution in [1.82, 2.24) is 14.8 Å². The van der Waals surface area contributed by atoms with Gasteiger partial charge >= 0.3 is 5.69 Å². The molecule has 0 amide bonds. The van der Waals surface area contributed by atoms with Crippen LogP contribution in [0.25, 0.3) is 0 Å². The highest BCUT2D eigenvalue weighted by Crippen LogP contribution is 2.47. The van der Waals surface area contributed by atoms with Crippen LogP contribution in [0, 0.1) is 20.8 Å². The summed E-state index contributed by atoms with van der Waals surface area (Å²) in [5, 5.41) is 26.9. The Morgan fingerprint density at radius 3 is 2.26 bits per heavy atom. The lowest BCUT2D eigenvalue weighted by atomic mass is 9.82. The fraction of sp³-hybridized carbons (Fsp3) is 0.348. The number of hydrogen-bond donors (Lipinski definition) is 3. The van der Waals surface area contributed by atoms with Crippen LogP contribution in [0.3, 0.4) is 0 Å². The Kier molecular flexibility index (Phi) is 5.38. The average molecular weight is 423 g/mol. The molecule has 1 aliphatic rings. The number of ether oxygens (including phenoxy) is 1. The summed E-state index contributed by atoms with van der Waals surface area (Å²) in [6, 6.07) is 14.6. The lowest BCUT2D eigenvalue weighted by Crippen LogP contribution is -2.39. The maximum atomic E-state index is 12.4. The first-order valence-electron chi connectivity index (χ1n) is 10.1. The van der Waals surface area contributed by atoms with E-state index in [1.165, 1.54) is 6.92 Å². The van der Waals surface area contributed by atoms with Crippen LogP contribution in [0.4, 0.5) is 0 Å². The summed E-state index contributed by atoms with van der Waals surface area (Å²) < 4.78 is 7.06. The van der Waals surface area contributed by atoms with E-state index in [9.17, 15) is 19.8 Å². The van der Waals surface area contributed by atoms with Gasteiger partial charge in [0.1, 0.15) is 23.5 Å². The summed E-state index contributed by atoms with van der Waals surface area (Å²) in [6.07, 6.45) is -3.22. The Hall–Kier alpha value is -3.07. The number of aryl methyl sites for hydroxylation is 3. The summed E-state index contributed by atoms with van der Waals surface area (Å²) in [6.45, 7) is 5.36. The van der Waals surface area contributed by atoms with Crippen LogP contribution < -0.4 is 11.2 Å². The summed E-state index contributed by atoms with van der Waals surface area (Å²) in [7, 11) is 0. The number of H-pyrrole nitrogens is 1. The van der Waals surface area contributed by atoms with Gasteiger partial charge in [0.05, 0.1) is 0 Å². The van der Waals surface area contributed by atoms with E-state index in [1.807, 2.05) is 38.1 Å². The van der Waals surface area contributed by atoms with Crippen molar-refractivity contribution in [3.8, 4) is 0 Å². The number of rotatable bonds is 4. The van der Waals surface area contributed by atoms with Gasteiger partial charge in [-0.15, -0.1) is 0 Å².